The van der Waals surface area contributed by atoms with Crippen LogP contribution in [-0.2, 0) is 11.0 Å². The van der Waals surface area contributed by atoms with Crippen molar-refractivity contribution in [3.8, 4) is 0 Å². The topological polar surface area (TPSA) is 32.3 Å². The molecule has 0 saturated carbocycles. The molecule has 1 aliphatic heterocycles. The van der Waals surface area contributed by atoms with Gasteiger partial charge < -0.3 is 10.2 Å². The molecule has 0 bridgehead atoms. The highest BCUT2D eigenvalue weighted by Crippen LogP contribution is 2.30. The van der Waals surface area contributed by atoms with Crippen LogP contribution < -0.4 is 5.32 Å². The third kappa shape index (κ3) is 3.97. The number of benzene rings is 1. The molecule has 1 amide bonds. The Hall–Kier alpha value is -1.56. The van der Waals surface area contributed by atoms with Gasteiger partial charge in [-0.3, -0.25) is 4.79 Å². The average molecular weight is 300 g/mol. The number of likely N-dealkylation sites (N-methyl/N-ethyl adjacent to an activating group) is 1. The molecule has 1 heterocycles. The van der Waals surface area contributed by atoms with Gasteiger partial charge in [0.05, 0.1) is 5.56 Å². The summed E-state index contributed by atoms with van der Waals surface area (Å²) in [6.07, 6.45) is -3.14. The van der Waals surface area contributed by atoms with Crippen molar-refractivity contribution >= 4 is 5.91 Å². The summed E-state index contributed by atoms with van der Waals surface area (Å²) in [6.45, 7) is 2.42. The summed E-state index contributed by atoms with van der Waals surface area (Å²) >= 11 is 0. The Bertz CT molecular complexity index is 516. The van der Waals surface area contributed by atoms with Crippen molar-refractivity contribution in [1.29, 1.82) is 0 Å². The zero-order valence-electron chi connectivity index (χ0n) is 12.1. The highest BCUT2D eigenvalue weighted by Gasteiger charge is 2.31. The van der Waals surface area contributed by atoms with Crippen LogP contribution in [0.1, 0.15) is 36.9 Å². The van der Waals surface area contributed by atoms with Gasteiger partial charge in [0.2, 0.25) is 5.91 Å². The van der Waals surface area contributed by atoms with Crippen molar-refractivity contribution < 1.29 is 18.0 Å². The number of piperidine rings is 1. The minimum absolute atomic E-state index is 0.109. The summed E-state index contributed by atoms with van der Waals surface area (Å²) in [7, 11) is 1.74. The molecule has 1 fully saturated rings. The van der Waals surface area contributed by atoms with Crippen LogP contribution in [0.25, 0.3) is 0 Å². The SMILES string of the molecule is CC(NC1CCC(=O)N(C)C1)c1cccc(C(F)(F)F)c1. The van der Waals surface area contributed by atoms with Crippen LogP contribution in [0.5, 0.6) is 0 Å². The molecule has 116 valence electrons. The van der Waals surface area contributed by atoms with Gasteiger partial charge in [0, 0.05) is 32.1 Å². The third-order valence-corrected chi connectivity index (χ3v) is 3.83. The average Bonchev–Trinajstić information content (AvgIpc) is 2.42. The lowest BCUT2D eigenvalue weighted by molar-refractivity contribution is -0.137. The van der Waals surface area contributed by atoms with Crippen LogP contribution >= 0.6 is 0 Å². The second-order valence-electron chi connectivity index (χ2n) is 5.52. The lowest BCUT2D eigenvalue weighted by atomic mass is 10.0. The van der Waals surface area contributed by atoms with E-state index in [1.54, 1.807) is 18.0 Å². The van der Waals surface area contributed by atoms with E-state index in [0.29, 0.717) is 24.9 Å². The number of carbonyl (C=O) groups is 1. The maximum absolute atomic E-state index is 12.7. The standard InChI is InChI=1S/C15H19F3N2O/c1-10(19-13-6-7-14(21)20(2)9-13)11-4-3-5-12(8-11)15(16,17)18/h3-5,8,10,13,19H,6-7,9H2,1-2H3. The molecule has 21 heavy (non-hydrogen) atoms. The summed E-state index contributed by atoms with van der Waals surface area (Å²) in [5, 5.41) is 3.30. The third-order valence-electron chi connectivity index (χ3n) is 3.83. The van der Waals surface area contributed by atoms with E-state index < -0.39 is 11.7 Å². The summed E-state index contributed by atoms with van der Waals surface area (Å²) in [4.78, 5) is 13.1. The molecule has 6 heteroatoms. The Kier molecular flexibility index (Phi) is 4.56. The first-order chi connectivity index (χ1) is 9.77. The molecule has 2 atom stereocenters. The maximum Gasteiger partial charge on any atom is 0.416 e. The molecule has 0 aromatic heterocycles. The Balaban J connectivity index is 2.03. The summed E-state index contributed by atoms with van der Waals surface area (Å²) in [5.74, 6) is 0.111. The number of amides is 1. The summed E-state index contributed by atoms with van der Waals surface area (Å²) in [5.41, 5.74) is -0.0334. The first-order valence-electron chi connectivity index (χ1n) is 6.94. The Morgan fingerprint density at radius 3 is 2.71 bits per heavy atom. The van der Waals surface area contributed by atoms with Crippen LogP contribution in [0.3, 0.4) is 0 Å². The molecule has 1 aliphatic rings. The number of likely N-dealkylation sites (tertiary alicyclic amines) is 1. The van der Waals surface area contributed by atoms with Crippen LogP contribution in [0.4, 0.5) is 13.2 Å². The number of carbonyl (C=O) groups excluding carboxylic acids is 1. The molecule has 2 unspecified atom stereocenters. The van der Waals surface area contributed by atoms with Crippen LogP contribution in [-0.4, -0.2) is 30.4 Å². The van der Waals surface area contributed by atoms with Gasteiger partial charge in [-0.05, 0) is 31.0 Å². The van der Waals surface area contributed by atoms with Gasteiger partial charge in [-0.2, -0.15) is 13.2 Å². The summed E-state index contributed by atoms with van der Waals surface area (Å²) < 4.78 is 38.2. The van der Waals surface area contributed by atoms with Crippen molar-refractivity contribution in [2.24, 2.45) is 0 Å². The molecule has 1 saturated heterocycles. The molecule has 1 aromatic carbocycles. The highest BCUT2D eigenvalue weighted by molar-refractivity contribution is 5.76. The van der Waals surface area contributed by atoms with Gasteiger partial charge in [-0.15, -0.1) is 0 Å². The van der Waals surface area contributed by atoms with E-state index in [9.17, 15) is 18.0 Å². The number of nitrogens with zero attached hydrogens (tertiary/aromatic N) is 1. The number of hydrogen-bond donors (Lipinski definition) is 1. The number of nitrogens with one attached hydrogen (secondary N) is 1. The van der Waals surface area contributed by atoms with Crippen molar-refractivity contribution in [1.82, 2.24) is 10.2 Å². The molecule has 0 spiro atoms. The largest absolute Gasteiger partial charge is 0.416 e. The van der Waals surface area contributed by atoms with Gasteiger partial charge in [0.15, 0.2) is 0 Å². The van der Waals surface area contributed by atoms with Crippen LogP contribution in [0, 0.1) is 0 Å². The van der Waals surface area contributed by atoms with Gasteiger partial charge in [-0.25, -0.2) is 0 Å². The van der Waals surface area contributed by atoms with Gasteiger partial charge in [-0.1, -0.05) is 12.1 Å². The minimum atomic E-state index is -4.33. The minimum Gasteiger partial charge on any atom is -0.344 e. The predicted octanol–water partition coefficient (Wildman–Crippen LogP) is 2.98. The molecule has 0 radical (unpaired) electrons. The molecule has 1 N–H and O–H groups in total. The van der Waals surface area contributed by atoms with Crippen molar-refractivity contribution in [3.63, 3.8) is 0 Å². The summed E-state index contributed by atoms with van der Waals surface area (Å²) in [6, 6.07) is 5.27. The lowest BCUT2D eigenvalue weighted by Crippen LogP contribution is -2.47. The van der Waals surface area contributed by atoms with E-state index in [-0.39, 0.29) is 18.0 Å². The quantitative estimate of drug-likeness (QED) is 0.931. The second-order valence-corrected chi connectivity index (χ2v) is 5.52. The van der Waals surface area contributed by atoms with Gasteiger partial charge in [0.25, 0.3) is 0 Å². The van der Waals surface area contributed by atoms with Crippen LogP contribution in [0.2, 0.25) is 0 Å². The normalized spacial score (nSPS) is 21.5. The van der Waals surface area contributed by atoms with Gasteiger partial charge >= 0.3 is 6.18 Å². The molecule has 2 rings (SSSR count). The fraction of sp³-hybridized carbons (Fsp3) is 0.533. The zero-order chi connectivity index (χ0) is 15.6. The van der Waals surface area contributed by atoms with E-state index in [1.165, 1.54) is 12.1 Å². The fourth-order valence-electron chi connectivity index (χ4n) is 2.58. The van der Waals surface area contributed by atoms with Crippen molar-refractivity contribution in [3.05, 3.63) is 35.4 Å². The van der Waals surface area contributed by atoms with E-state index in [0.717, 1.165) is 6.07 Å². The number of hydrogen-bond acceptors (Lipinski definition) is 2. The number of alkyl halides is 3. The Labute approximate surface area is 122 Å². The van der Waals surface area contributed by atoms with E-state index in [4.69, 9.17) is 0 Å². The Morgan fingerprint density at radius 2 is 2.10 bits per heavy atom. The number of halogens is 3. The lowest BCUT2D eigenvalue weighted by Gasteiger charge is -2.32. The predicted molar refractivity (Wildman–Crippen MR) is 73.7 cm³/mol. The molecule has 1 aromatic rings. The van der Waals surface area contributed by atoms with Crippen molar-refractivity contribution in [2.45, 2.75) is 38.0 Å². The fourth-order valence-corrected chi connectivity index (χ4v) is 2.58. The zero-order valence-corrected chi connectivity index (χ0v) is 12.1. The Morgan fingerprint density at radius 1 is 1.38 bits per heavy atom. The van der Waals surface area contributed by atoms with E-state index in [2.05, 4.69) is 5.32 Å². The van der Waals surface area contributed by atoms with E-state index >= 15 is 0 Å². The second kappa shape index (κ2) is 6.05. The molecule has 0 aliphatic carbocycles. The smallest absolute Gasteiger partial charge is 0.344 e. The van der Waals surface area contributed by atoms with Crippen LogP contribution in [0.15, 0.2) is 24.3 Å². The first-order valence-corrected chi connectivity index (χ1v) is 6.94. The highest BCUT2D eigenvalue weighted by atomic mass is 19.4. The maximum atomic E-state index is 12.7. The molecular formula is C15H19F3N2O. The van der Waals surface area contributed by atoms with E-state index in [1.807, 2.05) is 6.92 Å². The van der Waals surface area contributed by atoms with Gasteiger partial charge in [0.1, 0.15) is 0 Å². The monoisotopic (exact) mass is 300 g/mol. The molecule has 3 nitrogen and oxygen atoms in total. The van der Waals surface area contributed by atoms with Crippen molar-refractivity contribution in [2.75, 3.05) is 13.6 Å². The first kappa shape index (κ1) is 15.8. The molecular weight excluding hydrogens is 281 g/mol. The number of rotatable bonds is 3.